The maximum atomic E-state index is 12.4. The van der Waals surface area contributed by atoms with Crippen LogP contribution in [-0.4, -0.2) is 21.6 Å². The van der Waals surface area contributed by atoms with Gasteiger partial charge >= 0.3 is 0 Å². The Morgan fingerprint density at radius 2 is 1.62 bits per heavy atom. The number of ether oxygens (including phenoxy) is 2. The minimum absolute atomic E-state index is 0.167. The molecule has 0 amide bonds. The Labute approximate surface area is 123 Å². The minimum Gasteiger partial charge on any atom is -0.486 e. The third-order valence-corrected chi connectivity index (χ3v) is 4.93. The van der Waals surface area contributed by atoms with E-state index in [0.717, 1.165) is 0 Å². The van der Waals surface area contributed by atoms with E-state index in [1.807, 2.05) is 0 Å². The van der Waals surface area contributed by atoms with Crippen LogP contribution in [0.2, 0.25) is 0 Å². The molecule has 0 unspecified atom stereocenters. The van der Waals surface area contributed by atoms with E-state index in [0.29, 0.717) is 36.0 Å². The fourth-order valence-corrected chi connectivity index (χ4v) is 3.59. The molecule has 0 fully saturated rings. The maximum Gasteiger partial charge on any atom is 0.182 e. The quantitative estimate of drug-likeness (QED) is 0.878. The minimum atomic E-state index is -3.44. The Hall–Kier alpha value is -2.21. The van der Waals surface area contributed by atoms with Gasteiger partial charge in [0, 0.05) is 11.8 Å². The fourth-order valence-electron chi connectivity index (χ4n) is 2.19. The number of rotatable bonds is 3. The van der Waals surface area contributed by atoms with Crippen molar-refractivity contribution in [3.8, 4) is 11.5 Å². The molecule has 0 spiro atoms. The maximum absolute atomic E-state index is 12.4. The lowest BCUT2D eigenvalue weighted by Crippen LogP contribution is -2.16. The van der Waals surface area contributed by atoms with Gasteiger partial charge in [0.2, 0.25) is 0 Å². The number of nitrogens with two attached hydrogens (primary N) is 1. The van der Waals surface area contributed by atoms with Crippen LogP contribution in [0.15, 0.2) is 47.4 Å². The van der Waals surface area contributed by atoms with Crippen LogP contribution < -0.4 is 15.2 Å². The number of nitrogen functional groups attached to an aromatic ring is 1. The molecule has 0 radical (unpaired) electrons. The molecule has 0 atom stereocenters. The van der Waals surface area contributed by atoms with E-state index in [9.17, 15) is 8.42 Å². The van der Waals surface area contributed by atoms with Gasteiger partial charge in [-0.3, -0.25) is 0 Å². The lowest BCUT2D eigenvalue weighted by atomic mass is 10.2. The summed E-state index contributed by atoms with van der Waals surface area (Å²) in [6.45, 7) is 0.913. The van der Waals surface area contributed by atoms with Crippen molar-refractivity contribution in [1.29, 1.82) is 0 Å². The lowest BCUT2D eigenvalue weighted by molar-refractivity contribution is 0.171. The van der Waals surface area contributed by atoms with Gasteiger partial charge in [-0.15, -0.1) is 0 Å². The Morgan fingerprint density at radius 3 is 2.29 bits per heavy atom. The highest BCUT2D eigenvalue weighted by Gasteiger charge is 2.20. The summed E-state index contributed by atoms with van der Waals surface area (Å²) in [5, 5.41) is 0. The molecule has 2 N–H and O–H groups in total. The van der Waals surface area contributed by atoms with Gasteiger partial charge in [0.25, 0.3) is 0 Å². The number of fused-ring (bicyclic) bond motifs is 1. The molecule has 5 nitrogen and oxygen atoms in total. The summed E-state index contributed by atoms with van der Waals surface area (Å²) in [6, 6.07) is 11.6. The molecule has 1 heterocycles. The molecule has 6 heteroatoms. The number of hydrogen-bond acceptors (Lipinski definition) is 5. The van der Waals surface area contributed by atoms with Gasteiger partial charge in [0.15, 0.2) is 21.3 Å². The van der Waals surface area contributed by atoms with Crippen molar-refractivity contribution in [2.45, 2.75) is 10.6 Å². The molecule has 0 saturated heterocycles. The molecule has 0 aliphatic carbocycles. The van der Waals surface area contributed by atoms with Gasteiger partial charge in [0.05, 0.1) is 10.6 Å². The first-order valence-electron chi connectivity index (χ1n) is 6.52. The van der Waals surface area contributed by atoms with E-state index in [2.05, 4.69) is 0 Å². The predicted octanol–water partition coefficient (Wildman–Crippen LogP) is 2.01. The fraction of sp³-hybridized carbons (Fsp3) is 0.200. The molecule has 1 aliphatic heterocycles. The molecule has 3 rings (SSSR count). The van der Waals surface area contributed by atoms with Crippen LogP contribution in [0.3, 0.4) is 0 Å². The molecule has 0 aromatic heterocycles. The van der Waals surface area contributed by atoms with Crippen LogP contribution in [0.5, 0.6) is 11.5 Å². The molecule has 2 aromatic carbocycles. The highest BCUT2D eigenvalue weighted by atomic mass is 32.2. The second kappa shape index (κ2) is 5.29. The first kappa shape index (κ1) is 13.8. The summed E-state index contributed by atoms with van der Waals surface area (Å²) in [6.07, 6.45) is 0. The molecular formula is C15H15NO4S. The van der Waals surface area contributed by atoms with Crippen molar-refractivity contribution in [3.05, 3.63) is 48.0 Å². The number of benzene rings is 2. The highest BCUT2D eigenvalue weighted by Crippen LogP contribution is 2.35. The van der Waals surface area contributed by atoms with Crippen LogP contribution in [-0.2, 0) is 15.6 Å². The average molecular weight is 305 g/mol. The topological polar surface area (TPSA) is 78.6 Å². The van der Waals surface area contributed by atoms with Crippen molar-refractivity contribution < 1.29 is 17.9 Å². The van der Waals surface area contributed by atoms with Crippen molar-refractivity contribution in [3.63, 3.8) is 0 Å². The summed E-state index contributed by atoms with van der Waals surface area (Å²) in [7, 11) is -3.44. The lowest BCUT2D eigenvalue weighted by Gasteiger charge is -2.20. The number of anilines is 1. The summed E-state index contributed by atoms with van der Waals surface area (Å²) in [5.74, 6) is 0.924. The van der Waals surface area contributed by atoms with E-state index in [1.165, 1.54) is 0 Å². The van der Waals surface area contributed by atoms with Crippen molar-refractivity contribution >= 4 is 15.5 Å². The van der Waals surface area contributed by atoms with E-state index in [1.54, 1.807) is 42.5 Å². The van der Waals surface area contributed by atoms with Crippen LogP contribution in [0.25, 0.3) is 0 Å². The Kier molecular flexibility index (Phi) is 3.47. The SMILES string of the molecule is Nc1cc2c(cc1CS(=O)(=O)c1ccccc1)OCCO2. The smallest absolute Gasteiger partial charge is 0.182 e. The third kappa shape index (κ3) is 2.80. The summed E-state index contributed by atoms with van der Waals surface area (Å²) in [4.78, 5) is 0.277. The van der Waals surface area contributed by atoms with Gasteiger partial charge in [-0.2, -0.15) is 0 Å². The van der Waals surface area contributed by atoms with Gasteiger partial charge < -0.3 is 15.2 Å². The summed E-state index contributed by atoms with van der Waals surface area (Å²) >= 11 is 0. The zero-order valence-corrected chi connectivity index (χ0v) is 12.1. The number of sulfone groups is 1. The summed E-state index contributed by atoms with van der Waals surface area (Å²) < 4.78 is 35.7. The third-order valence-electron chi connectivity index (χ3n) is 3.25. The van der Waals surface area contributed by atoms with Gasteiger partial charge in [-0.25, -0.2) is 8.42 Å². The molecule has 0 bridgehead atoms. The largest absolute Gasteiger partial charge is 0.486 e. The average Bonchev–Trinajstić information content (AvgIpc) is 2.49. The zero-order chi connectivity index (χ0) is 14.9. The Bertz CT molecular complexity index is 757. The van der Waals surface area contributed by atoms with Crippen LogP contribution in [0, 0.1) is 0 Å². The van der Waals surface area contributed by atoms with Crippen molar-refractivity contribution in [2.24, 2.45) is 0 Å². The molecule has 1 aliphatic rings. The highest BCUT2D eigenvalue weighted by molar-refractivity contribution is 7.90. The first-order chi connectivity index (χ1) is 10.1. The van der Waals surface area contributed by atoms with E-state index in [-0.39, 0.29) is 10.6 Å². The second-order valence-corrected chi connectivity index (χ2v) is 6.76. The van der Waals surface area contributed by atoms with Crippen LogP contribution in [0.4, 0.5) is 5.69 Å². The van der Waals surface area contributed by atoms with Crippen LogP contribution in [0.1, 0.15) is 5.56 Å². The summed E-state index contributed by atoms with van der Waals surface area (Å²) in [5.41, 5.74) is 6.83. The molecule has 0 saturated carbocycles. The monoisotopic (exact) mass is 305 g/mol. The van der Waals surface area contributed by atoms with Gasteiger partial charge in [-0.1, -0.05) is 18.2 Å². The zero-order valence-electron chi connectivity index (χ0n) is 11.3. The van der Waals surface area contributed by atoms with E-state index >= 15 is 0 Å². The Balaban J connectivity index is 1.95. The normalized spacial score (nSPS) is 13.9. The standard InChI is InChI=1S/C15H15NO4S/c16-13-9-15-14(19-6-7-20-15)8-11(13)10-21(17,18)12-4-2-1-3-5-12/h1-5,8-9H,6-7,10,16H2. The number of hydrogen-bond donors (Lipinski definition) is 1. The van der Waals surface area contributed by atoms with Crippen molar-refractivity contribution in [2.75, 3.05) is 18.9 Å². The van der Waals surface area contributed by atoms with E-state index < -0.39 is 9.84 Å². The molecule has 21 heavy (non-hydrogen) atoms. The molecule has 2 aromatic rings. The molecular weight excluding hydrogens is 290 g/mol. The second-order valence-electron chi connectivity index (χ2n) is 4.77. The predicted molar refractivity (Wildman–Crippen MR) is 79.2 cm³/mol. The van der Waals surface area contributed by atoms with Gasteiger partial charge in [0.1, 0.15) is 13.2 Å². The molecule has 110 valence electrons. The van der Waals surface area contributed by atoms with E-state index in [4.69, 9.17) is 15.2 Å². The van der Waals surface area contributed by atoms with Crippen molar-refractivity contribution in [1.82, 2.24) is 0 Å². The first-order valence-corrected chi connectivity index (χ1v) is 8.17. The Morgan fingerprint density at radius 1 is 1.00 bits per heavy atom. The van der Waals surface area contributed by atoms with Crippen LogP contribution >= 0.6 is 0 Å². The van der Waals surface area contributed by atoms with Gasteiger partial charge in [-0.05, 0) is 23.8 Å².